The van der Waals surface area contributed by atoms with Crippen LogP contribution in [0.2, 0.25) is 0 Å². The molecule has 0 radical (unpaired) electrons. The van der Waals surface area contributed by atoms with Crippen LogP contribution in [-0.2, 0) is 16.6 Å². The van der Waals surface area contributed by atoms with Crippen molar-refractivity contribution in [2.75, 3.05) is 0 Å². The van der Waals surface area contributed by atoms with Crippen molar-refractivity contribution in [3.8, 4) is 0 Å². The Morgan fingerprint density at radius 2 is 2.00 bits per heavy atom. The Morgan fingerprint density at radius 1 is 1.38 bits per heavy atom. The quantitative estimate of drug-likeness (QED) is 0.772. The minimum atomic E-state index is -4.21. The van der Waals surface area contributed by atoms with Gasteiger partial charge in [0.25, 0.3) is 10.2 Å². The molecular weight excluding hydrogens is 245 g/mol. The molecule has 90 valence electrons. The van der Waals surface area contributed by atoms with Crippen LogP contribution in [0.15, 0.2) is 18.2 Å². The molecule has 0 aliphatic carbocycles. The zero-order chi connectivity index (χ0) is 12.3. The summed E-state index contributed by atoms with van der Waals surface area (Å²) in [4.78, 5) is 0. The van der Waals surface area contributed by atoms with Crippen molar-refractivity contribution in [3.63, 3.8) is 0 Å². The fourth-order valence-corrected chi connectivity index (χ4v) is 1.55. The van der Waals surface area contributed by atoms with Gasteiger partial charge in [0.1, 0.15) is 11.6 Å². The van der Waals surface area contributed by atoms with E-state index >= 15 is 0 Å². The monoisotopic (exact) mass is 254 g/mol. The Morgan fingerprint density at radius 3 is 2.56 bits per heavy atom. The lowest BCUT2D eigenvalue weighted by Crippen LogP contribution is -2.38. The highest BCUT2D eigenvalue weighted by Gasteiger charge is 2.15. The lowest BCUT2D eigenvalue weighted by atomic mass is 10.1. The van der Waals surface area contributed by atoms with E-state index in [1.54, 1.807) is 0 Å². The Bertz CT molecular complexity index is 478. The lowest BCUT2D eigenvalue weighted by molar-refractivity contribution is 0.309. The Hall–Kier alpha value is -1.12. The largest absolute Gasteiger partial charge is 0.276 e. The van der Waals surface area contributed by atoms with Crippen molar-refractivity contribution in [2.45, 2.75) is 12.7 Å². The molecule has 16 heavy (non-hydrogen) atoms. The third-order valence-corrected chi connectivity index (χ3v) is 2.28. The third kappa shape index (κ3) is 4.17. The predicted molar refractivity (Wildman–Crippen MR) is 51.2 cm³/mol. The van der Waals surface area contributed by atoms with Gasteiger partial charge in [-0.25, -0.2) is 18.3 Å². The van der Waals surface area contributed by atoms with Crippen LogP contribution < -0.4 is 9.86 Å². The van der Waals surface area contributed by atoms with Crippen LogP contribution in [0.5, 0.6) is 0 Å². The van der Waals surface area contributed by atoms with Crippen molar-refractivity contribution in [1.82, 2.24) is 4.72 Å². The molecule has 0 heterocycles. The van der Waals surface area contributed by atoms with Crippen molar-refractivity contribution in [1.29, 1.82) is 0 Å². The molecule has 0 bridgehead atoms. The predicted octanol–water partition coefficient (Wildman–Crippen LogP) is 0.596. The highest BCUT2D eigenvalue weighted by Crippen LogP contribution is 2.12. The summed E-state index contributed by atoms with van der Waals surface area (Å²) in [6, 6.07) is 2.49. The fourth-order valence-electron chi connectivity index (χ4n) is 1.11. The molecule has 1 aromatic rings. The minimum absolute atomic E-state index is 0.274. The molecule has 0 saturated heterocycles. The van der Waals surface area contributed by atoms with E-state index in [0.717, 1.165) is 18.2 Å². The van der Waals surface area contributed by atoms with Gasteiger partial charge in [0.15, 0.2) is 6.30 Å². The van der Waals surface area contributed by atoms with Crippen LogP contribution in [0.4, 0.5) is 13.2 Å². The maximum absolute atomic E-state index is 13.0. The highest BCUT2D eigenvalue weighted by molar-refractivity contribution is 7.87. The second-order valence-electron chi connectivity index (χ2n) is 3.07. The van der Waals surface area contributed by atoms with Gasteiger partial charge in [-0.05, 0) is 23.8 Å². The number of hydrogen-bond donors (Lipinski definition) is 2. The first-order valence-corrected chi connectivity index (χ1v) is 5.70. The molecule has 3 N–H and O–H groups in total. The average molecular weight is 254 g/mol. The van der Waals surface area contributed by atoms with E-state index in [4.69, 9.17) is 0 Å². The number of nitrogens with one attached hydrogen (secondary N) is 1. The maximum atomic E-state index is 13.0. The van der Waals surface area contributed by atoms with Gasteiger partial charge in [0.05, 0.1) is 0 Å². The normalized spacial score (nSPS) is 13.8. The van der Waals surface area contributed by atoms with E-state index in [1.165, 1.54) is 4.72 Å². The van der Waals surface area contributed by atoms with Crippen molar-refractivity contribution >= 4 is 10.2 Å². The Kier molecular flexibility index (Phi) is 3.89. The van der Waals surface area contributed by atoms with Crippen LogP contribution in [-0.4, -0.2) is 14.7 Å². The first kappa shape index (κ1) is 12.9. The van der Waals surface area contributed by atoms with E-state index < -0.39 is 34.6 Å². The third-order valence-electron chi connectivity index (χ3n) is 1.70. The summed E-state index contributed by atoms with van der Waals surface area (Å²) in [5, 5.41) is 4.51. The van der Waals surface area contributed by atoms with E-state index in [9.17, 15) is 21.6 Å². The minimum Gasteiger partial charge on any atom is -0.229 e. The van der Waals surface area contributed by atoms with E-state index in [2.05, 4.69) is 5.14 Å². The molecule has 1 rings (SSSR count). The highest BCUT2D eigenvalue weighted by atomic mass is 32.2. The van der Waals surface area contributed by atoms with Gasteiger partial charge >= 0.3 is 0 Å². The SMILES string of the molecule is NS(=O)(=O)NC(F)Cc1cc(F)ccc1F. The van der Waals surface area contributed by atoms with E-state index in [1.807, 2.05) is 0 Å². The molecule has 0 aliphatic heterocycles. The van der Waals surface area contributed by atoms with Crippen molar-refractivity contribution in [3.05, 3.63) is 35.4 Å². The lowest BCUT2D eigenvalue weighted by Gasteiger charge is -2.09. The van der Waals surface area contributed by atoms with Gasteiger partial charge < -0.3 is 0 Å². The number of benzene rings is 1. The fraction of sp³-hybridized carbons (Fsp3) is 0.250. The van der Waals surface area contributed by atoms with Crippen LogP contribution in [0.25, 0.3) is 0 Å². The van der Waals surface area contributed by atoms with E-state index in [0.29, 0.717) is 0 Å². The molecule has 0 spiro atoms. The van der Waals surface area contributed by atoms with Gasteiger partial charge in [-0.3, -0.25) is 0 Å². The summed E-state index contributed by atoms with van der Waals surface area (Å²) in [5.41, 5.74) is -0.274. The Balaban J connectivity index is 2.77. The molecule has 1 unspecified atom stereocenters. The van der Waals surface area contributed by atoms with Crippen LogP contribution >= 0.6 is 0 Å². The first-order valence-electron chi connectivity index (χ1n) is 4.16. The molecule has 0 fully saturated rings. The number of hydrogen-bond acceptors (Lipinski definition) is 2. The summed E-state index contributed by atoms with van der Waals surface area (Å²) in [7, 11) is -4.21. The average Bonchev–Trinajstić information content (AvgIpc) is 2.08. The second-order valence-corrected chi connectivity index (χ2v) is 4.40. The molecule has 8 heteroatoms. The van der Waals surface area contributed by atoms with Crippen LogP contribution in [0.3, 0.4) is 0 Å². The van der Waals surface area contributed by atoms with Gasteiger partial charge in [0, 0.05) is 6.42 Å². The molecule has 0 amide bonds. The molecular formula is C8H9F3N2O2S. The smallest absolute Gasteiger partial charge is 0.229 e. The van der Waals surface area contributed by atoms with Gasteiger partial charge in [-0.2, -0.15) is 13.1 Å². The maximum Gasteiger partial charge on any atom is 0.276 e. The van der Waals surface area contributed by atoms with Crippen LogP contribution in [0.1, 0.15) is 5.56 Å². The van der Waals surface area contributed by atoms with Gasteiger partial charge in [-0.1, -0.05) is 0 Å². The zero-order valence-electron chi connectivity index (χ0n) is 7.95. The molecule has 0 aromatic heterocycles. The number of alkyl halides is 1. The number of rotatable bonds is 4. The van der Waals surface area contributed by atoms with Crippen LogP contribution in [0, 0.1) is 11.6 Å². The van der Waals surface area contributed by atoms with Gasteiger partial charge in [-0.15, -0.1) is 0 Å². The molecule has 4 nitrogen and oxygen atoms in total. The standard InChI is InChI=1S/C8H9F3N2O2S/c9-6-1-2-7(10)5(3-6)4-8(11)13-16(12,14)15/h1-3,8,13H,4H2,(H2,12,14,15). The first-order chi connectivity index (χ1) is 7.28. The summed E-state index contributed by atoms with van der Waals surface area (Å²) in [6.07, 6.45) is -2.74. The van der Waals surface area contributed by atoms with E-state index in [-0.39, 0.29) is 5.56 Å². The molecule has 1 aromatic carbocycles. The summed E-state index contributed by atoms with van der Waals surface area (Å²) in [6.45, 7) is 0. The number of halogens is 3. The zero-order valence-corrected chi connectivity index (χ0v) is 8.77. The molecule has 1 atom stereocenters. The summed E-state index contributed by atoms with van der Waals surface area (Å²) >= 11 is 0. The number of nitrogens with two attached hydrogens (primary N) is 1. The van der Waals surface area contributed by atoms with Crippen molar-refractivity contribution < 1.29 is 21.6 Å². The summed E-state index contributed by atoms with van der Waals surface area (Å²) < 4.78 is 61.0. The topological polar surface area (TPSA) is 72.2 Å². The second kappa shape index (κ2) is 4.81. The molecule has 0 aliphatic rings. The summed E-state index contributed by atoms with van der Waals surface area (Å²) in [5.74, 6) is -1.56. The van der Waals surface area contributed by atoms with Gasteiger partial charge in [0.2, 0.25) is 0 Å². The Labute approximate surface area is 90.4 Å². The van der Waals surface area contributed by atoms with Crippen molar-refractivity contribution in [2.24, 2.45) is 5.14 Å². The molecule has 0 saturated carbocycles.